The Balaban J connectivity index is 1.12. The summed E-state index contributed by atoms with van der Waals surface area (Å²) in [6, 6.07) is 61.1. The Morgan fingerprint density at radius 2 is 1.11 bits per heavy atom. The van der Waals surface area contributed by atoms with Gasteiger partial charge in [-0.3, -0.25) is 9.98 Å². The molecule has 1 aliphatic rings. The summed E-state index contributed by atoms with van der Waals surface area (Å²) in [7, 11) is 0. The maximum Gasteiger partial charge on any atom is 0.115 e. The molecule has 0 amide bonds. The van der Waals surface area contributed by atoms with Gasteiger partial charge in [-0.2, -0.15) is 0 Å². The van der Waals surface area contributed by atoms with Crippen molar-refractivity contribution in [3.8, 4) is 27.9 Å². The van der Waals surface area contributed by atoms with Crippen LogP contribution in [0.25, 0.3) is 82.3 Å². The number of aromatic nitrogens is 2. The smallest absolute Gasteiger partial charge is 0.115 e. The van der Waals surface area contributed by atoms with E-state index in [4.69, 9.17) is 4.99 Å². The van der Waals surface area contributed by atoms with Crippen LogP contribution >= 0.6 is 0 Å². The van der Waals surface area contributed by atoms with Gasteiger partial charge in [-0.05, 0) is 88.3 Å². The van der Waals surface area contributed by atoms with Crippen LogP contribution in [0.2, 0.25) is 0 Å². The molecule has 0 fully saturated rings. The molecule has 0 atom stereocenters. The predicted molar refractivity (Wildman–Crippen MR) is 223 cm³/mol. The minimum absolute atomic E-state index is 0.476. The van der Waals surface area contributed by atoms with Gasteiger partial charge in [0.15, 0.2) is 0 Å². The molecule has 0 spiro atoms. The molecule has 4 nitrogen and oxygen atoms in total. The molecule has 0 N–H and O–H groups in total. The summed E-state index contributed by atoms with van der Waals surface area (Å²) in [4.78, 5) is 9.76. The number of para-hydroxylation sites is 3. The zero-order valence-electron chi connectivity index (χ0n) is 28.9. The summed E-state index contributed by atoms with van der Waals surface area (Å²) in [6.45, 7) is 4.36. The van der Waals surface area contributed by atoms with E-state index in [1.54, 1.807) is 0 Å². The molecular formula is C49H32N4. The van der Waals surface area contributed by atoms with Gasteiger partial charge in [0.25, 0.3) is 0 Å². The Bertz CT molecular complexity index is 3160. The second-order valence-corrected chi connectivity index (χ2v) is 13.8. The van der Waals surface area contributed by atoms with Crippen LogP contribution in [0.1, 0.15) is 11.1 Å². The van der Waals surface area contributed by atoms with Crippen LogP contribution in [-0.2, 0) is 6.67 Å². The van der Waals surface area contributed by atoms with Crippen LogP contribution in [0.5, 0.6) is 0 Å². The normalized spacial score (nSPS) is 13.1. The van der Waals surface area contributed by atoms with Gasteiger partial charge in [-0.1, -0.05) is 121 Å². The van der Waals surface area contributed by atoms with Crippen LogP contribution in [0.15, 0.2) is 180 Å². The van der Waals surface area contributed by atoms with Crippen LogP contribution in [0, 0.1) is 0 Å². The van der Waals surface area contributed by atoms with Gasteiger partial charge in [-0.15, -0.1) is 0 Å². The van der Waals surface area contributed by atoms with Crippen molar-refractivity contribution in [3.63, 3.8) is 0 Å². The Labute approximate surface area is 306 Å². The van der Waals surface area contributed by atoms with Crippen LogP contribution in [0.4, 0.5) is 5.69 Å². The molecule has 8 aromatic carbocycles. The molecule has 2 heterocycles. The van der Waals surface area contributed by atoms with E-state index in [1.807, 2.05) is 6.07 Å². The van der Waals surface area contributed by atoms with E-state index in [2.05, 4.69) is 185 Å². The van der Waals surface area contributed by atoms with Crippen LogP contribution < -0.4 is 0 Å². The summed E-state index contributed by atoms with van der Waals surface area (Å²) in [5, 5.41) is 7.48. The molecule has 11 rings (SSSR count). The van der Waals surface area contributed by atoms with Crippen molar-refractivity contribution in [1.29, 1.82) is 0 Å². The lowest BCUT2D eigenvalue weighted by Gasteiger charge is -2.13. The number of benzene rings is 8. The van der Waals surface area contributed by atoms with E-state index < -0.39 is 0 Å². The first-order valence-electron chi connectivity index (χ1n) is 18.0. The second-order valence-electron chi connectivity index (χ2n) is 13.8. The summed E-state index contributed by atoms with van der Waals surface area (Å²) in [5.41, 5.74) is 14.7. The van der Waals surface area contributed by atoms with Crippen molar-refractivity contribution in [1.82, 2.24) is 9.13 Å². The standard InChI is InChI=1S/C49H32N4/c1-50-42-23-13-22-37-33-16-6-8-20-38(33)49(48(37)42)51-30-52-43-24-11-9-18-35(43)41-28-31(26-27-44(41)52)40-29-46-47(36-19-7-5-17-34(36)40)39-21-10-12-25-45(39)53(46)32-14-3-2-4-15-32/h2-29H,1,30H2/b51-49-. The molecule has 0 unspecified atom stereocenters. The fourth-order valence-corrected chi connectivity index (χ4v) is 8.81. The van der Waals surface area contributed by atoms with E-state index in [9.17, 15) is 0 Å². The predicted octanol–water partition coefficient (Wildman–Crippen LogP) is 12.5. The highest BCUT2D eigenvalue weighted by atomic mass is 15.1. The van der Waals surface area contributed by atoms with Gasteiger partial charge in [0.2, 0.25) is 0 Å². The molecule has 0 saturated carbocycles. The maximum absolute atomic E-state index is 5.36. The second kappa shape index (κ2) is 11.5. The van der Waals surface area contributed by atoms with Gasteiger partial charge in [0.05, 0.1) is 33.5 Å². The molecule has 53 heavy (non-hydrogen) atoms. The average Bonchev–Trinajstić information content (AvgIpc) is 3.85. The monoisotopic (exact) mass is 676 g/mol. The Hall–Kier alpha value is -7.04. The Morgan fingerprint density at radius 1 is 0.453 bits per heavy atom. The maximum atomic E-state index is 5.36. The molecule has 1 aliphatic carbocycles. The first-order chi connectivity index (χ1) is 26.3. The Morgan fingerprint density at radius 3 is 1.94 bits per heavy atom. The van der Waals surface area contributed by atoms with Gasteiger partial charge >= 0.3 is 0 Å². The minimum atomic E-state index is 0.476. The van der Waals surface area contributed by atoms with E-state index >= 15 is 0 Å². The van der Waals surface area contributed by atoms with E-state index in [0.717, 1.165) is 44.8 Å². The lowest BCUT2D eigenvalue weighted by atomic mass is 9.94. The van der Waals surface area contributed by atoms with E-state index in [-0.39, 0.29) is 0 Å². The summed E-state index contributed by atoms with van der Waals surface area (Å²) < 4.78 is 4.76. The summed E-state index contributed by atoms with van der Waals surface area (Å²) in [6.07, 6.45) is 0. The van der Waals surface area contributed by atoms with E-state index in [0.29, 0.717) is 6.67 Å². The lowest BCUT2D eigenvalue weighted by molar-refractivity contribution is 0.793. The van der Waals surface area contributed by atoms with Crippen molar-refractivity contribution in [2.45, 2.75) is 6.67 Å². The van der Waals surface area contributed by atoms with Gasteiger partial charge < -0.3 is 9.13 Å². The quantitative estimate of drug-likeness (QED) is 0.163. The molecule has 10 aromatic rings. The van der Waals surface area contributed by atoms with Crippen molar-refractivity contribution in [2.75, 3.05) is 0 Å². The third-order valence-electron chi connectivity index (χ3n) is 11.1. The Kier molecular flexibility index (Phi) is 6.43. The number of aliphatic imine (C=N–C) groups is 2. The molecule has 0 aliphatic heterocycles. The highest BCUT2D eigenvalue weighted by Gasteiger charge is 2.27. The SMILES string of the molecule is C=Nc1cccc2c1/C(=N\Cn1c3ccccc3c3cc(-c4cc5c(c6ccccc46)c4ccccc4n5-c4ccccc4)ccc31)c1ccccc1-2. The topological polar surface area (TPSA) is 34.6 Å². The molecule has 0 radical (unpaired) electrons. The number of nitrogens with zero attached hydrogens (tertiary/aromatic N) is 4. The molecule has 2 aromatic heterocycles. The van der Waals surface area contributed by atoms with Crippen molar-refractivity contribution < 1.29 is 0 Å². The summed E-state index contributed by atoms with van der Waals surface area (Å²) in [5.74, 6) is 0. The highest BCUT2D eigenvalue weighted by Crippen LogP contribution is 2.44. The minimum Gasteiger partial charge on any atom is -0.320 e. The third-order valence-corrected chi connectivity index (χ3v) is 11.1. The average molecular weight is 677 g/mol. The number of rotatable bonds is 5. The number of fused-ring (bicyclic) bond motifs is 11. The van der Waals surface area contributed by atoms with Crippen molar-refractivity contribution >= 4 is 72.5 Å². The zero-order chi connectivity index (χ0) is 35.0. The first-order valence-corrected chi connectivity index (χ1v) is 18.0. The fourth-order valence-electron chi connectivity index (χ4n) is 8.81. The molecule has 0 bridgehead atoms. The first kappa shape index (κ1) is 29.7. The molecule has 248 valence electrons. The van der Waals surface area contributed by atoms with Gasteiger partial charge in [0, 0.05) is 38.4 Å². The number of hydrogen-bond donors (Lipinski definition) is 0. The lowest BCUT2D eigenvalue weighted by Crippen LogP contribution is -2.03. The molecule has 0 saturated heterocycles. The third kappa shape index (κ3) is 4.30. The van der Waals surface area contributed by atoms with Crippen LogP contribution in [-0.4, -0.2) is 21.6 Å². The fraction of sp³-hybridized carbons (Fsp3) is 0.0204. The number of hydrogen-bond acceptors (Lipinski definition) is 2. The van der Waals surface area contributed by atoms with Crippen LogP contribution in [0.3, 0.4) is 0 Å². The van der Waals surface area contributed by atoms with Gasteiger partial charge in [-0.25, -0.2) is 0 Å². The zero-order valence-corrected chi connectivity index (χ0v) is 28.9. The summed E-state index contributed by atoms with van der Waals surface area (Å²) >= 11 is 0. The largest absolute Gasteiger partial charge is 0.320 e. The molecule has 4 heteroatoms. The van der Waals surface area contributed by atoms with Gasteiger partial charge in [0.1, 0.15) is 6.67 Å². The van der Waals surface area contributed by atoms with Crippen molar-refractivity contribution in [2.24, 2.45) is 9.98 Å². The van der Waals surface area contributed by atoms with Crippen molar-refractivity contribution in [3.05, 3.63) is 181 Å². The van der Waals surface area contributed by atoms with E-state index in [1.165, 1.54) is 60.0 Å². The highest BCUT2D eigenvalue weighted by molar-refractivity contribution is 6.27. The molecular weight excluding hydrogens is 645 g/mol.